The first-order valence-corrected chi connectivity index (χ1v) is 11.6. The lowest BCUT2D eigenvalue weighted by Crippen LogP contribution is -2.20. The molecule has 2 aromatic heterocycles. The van der Waals surface area contributed by atoms with Crippen LogP contribution in [0.5, 0.6) is 5.75 Å². The highest BCUT2D eigenvalue weighted by Gasteiger charge is 2.13. The van der Waals surface area contributed by atoms with Crippen molar-refractivity contribution in [3.8, 4) is 18.2 Å². The molecule has 2 aromatic carbocycles. The number of aromatic amines is 1. The average Bonchev–Trinajstić information content (AvgIpc) is 3.31. The Morgan fingerprint density at radius 2 is 2.08 bits per heavy atom. The molecule has 0 aliphatic heterocycles. The number of aromatic nitrogens is 4. The van der Waals surface area contributed by atoms with Gasteiger partial charge < -0.3 is 20.3 Å². The van der Waals surface area contributed by atoms with Gasteiger partial charge in [0.05, 0.1) is 18.5 Å². The molecule has 4 rings (SSSR count). The molecule has 0 aliphatic rings. The smallest absolute Gasteiger partial charge is 0.230 e. The summed E-state index contributed by atoms with van der Waals surface area (Å²) >= 11 is 0. The molecule has 0 saturated carbocycles. The van der Waals surface area contributed by atoms with Crippen LogP contribution in [0.4, 0.5) is 26.1 Å². The van der Waals surface area contributed by atoms with Crippen LogP contribution in [-0.2, 0) is 11.2 Å². The van der Waals surface area contributed by atoms with Crippen LogP contribution in [0.15, 0.2) is 48.8 Å². The van der Waals surface area contributed by atoms with Gasteiger partial charge in [0.25, 0.3) is 0 Å². The normalized spacial score (nSPS) is 10.6. The van der Waals surface area contributed by atoms with Gasteiger partial charge >= 0.3 is 0 Å². The van der Waals surface area contributed by atoms with E-state index < -0.39 is 11.6 Å². The van der Waals surface area contributed by atoms with Crippen molar-refractivity contribution in [2.75, 3.05) is 30.3 Å². The number of hydrogen-bond acceptors (Lipinski definition) is 7. The van der Waals surface area contributed by atoms with Crippen molar-refractivity contribution in [1.29, 1.82) is 0 Å². The Morgan fingerprint density at radius 3 is 2.86 bits per heavy atom. The number of nitrogens with zero attached hydrogens (tertiary/aromatic N) is 4. The molecule has 0 unspecified atom stereocenters. The van der Waals surface area contributed by atoms with Crippen molar-refractivity contribution in [1.82, 2.24) is 25.1 Å². The van der Waals surface area contributed by atoms with Crippen LogP contribution < -0.4 is 15.4 Å². The van der Waals surface area contributed by atoms with E-state index in [1.165, 1.54) is 36.7 Å². The topological polar surface area (TPSA) is 108 Å². The third kappa shape index (κ3) is 6.70. The zero-order chi connectivity index (χ0) is 26.2. The summed E-state index contributed by atoms with van der Waals surface area (Å²) in [6, 6.07) is 12.6. The summed E-state index contributed by atoms with van der Waals surface area (Å²) in [6.07, 6.45) is 7.39. The first-order valence-electron chi connectivity index (χ1n) is 11.6. The van der Waals surface area contributed by atoms with Gasteiger partial charge in [0.2, 0.25) is 5.91 Å². The summed E-state index contributed by atoms with van der Waals surface area (Å²) in [6.45, 7) is 3.65. The van der Waals surface area contributed by atoms with Gasteiger partial charge in [-0.1, -0.05) is 12.5 Å². The van der Waals surface area contributed by atoms with Gasteiger partial charge in [-0.2, -0.15) is 5.10 Å². The van der Waals surface area contributed by atoms with Crippen molar-refractivity contribution in [3.63, 3.8) is 0 Å². The number of fused-ring (bicyclic) bond motifs is 1. The lowest BCUT2D eigenvalue weighted by atomic mass is 10.2. The molecule has 3 N–H and O–H groups in total. The molecule has 4 aromatic rings. The number of terminal acetylenes is 1. The monoisotopic (exact) mass is 505 g/mol. The summed E-state index contributed by atoms with van der Waals surface area (Å²) in [7, 11) is 0. The lowest BCUT2D eigenvalue weighted by molar-refractivity contribution is -0.115. The molecule has 1 amide bonds. The van der Waals surface area contributed by atoms with Crippen LogP contribution in [0.2, 0.25) is 0 Å². The number of halogens is 2. The second-order valence-electron chi connectivity index (χ2n) is 8.07. The van der Waals surface area contributed by atoms with E-state index in [2.05, 4.69) is 36.8 Å². The van der Waals surface area contributed by atoms with Crippen molar-refractivity contribution in [2.24, 2.45) is 0 Å². The zero-order valence-electron chi connectivity index (χ0n) is 20.1. The molecule has 0 fully saturated rings. The van der Waals surface area contributed by atoms with E-state index in [0.717, 1.165) is 6.54 Å². The van der Waals surface area contributed by atoms with E-state index in [-0.39, 0.29) is 18.1 Å². The molecule has 0 bridgehead atoms. The van der Waals surface area contributed by atoms with Gasteiger partial charge in [-0.3, -0.25) is 9.89 Å². The van der Waals surface area contributed by atoms with Gasteiger partial charge in [-0.25, -0.2) is 18.7 Å². The fourth-order valence-corrected chi connectivity index (χ4v) is 3.60. The Morgan fingerprint density at radius 1 is 1.22 bits per heavy atom. The predicted octanol–water partition coefficient (Wildman–Crippen LogP) is 4.24. The van der Waals surface area contributed by atoms with Crippen molar-refractivity contribution < 1.29 is 18.3 Å². The molecule has 0 aliphatic carbocycles. The zero-order valence-corrected chi connectivity index (χ0v) is 20.1. The Kier molecular flexibility index (Phi) is 8.10. The van der Waals surface area contributed by atoms with Gasteiger partial charge in [-0.05, 0) is 37.6 Å². The standard InChI is InChI=1S/C26H25F2N7O2/c1-3-35(4-2)9-6-10-37-23-15-22-20(14-21(23)28)26(30-16-29-22)32-24-12-19(33-34-24)13-25(36)31-18-8-5-7-17(27)11-18/h1,5,7-8,11-12,14-16H,4,6,9-10,13H2,2H3,(H,31,36)(H2,29,30,32,33,34). The van der Waals surface area contributed by atoms with E-state index in [9.17, 15) is 13.6 Å². The number of H-pyrrole nitrogens is 1. The summed E-state index contributed by atoms with van der Waals surface area (Å²) in [5, 5.41) is 13.0. The number of rotatable bonds is 11. The maximum absolute atomic E-state index is 14.8. The van der Waals surface area contributed by atoms with Crippen LogP contribution in [0.1, 0.15) is 19.0 Å². The number of anilines is 3. The number of carbonyl (C=O) groups is 1. The summed E-state index contributed by atoms with van der Waals surface area (Å²) in [5.41, 5.74) is 1.36. The van der Waals surface area contributed by atoms with Gasteiger partial charge in [0.1, 0.15) is 18.0 Å². The molecule has 0 atom stereocenters. The molecule has 0 radical (unpaired) electrons. The van der Waals surface area contributed by atoms with E-state index >= 15 is 0 Å². The molecule has 190 valence electrons. The Balaban J connectivity index is 1.40. The maximum Gasteiger partial charge on any atom is 0.230 e. The molecule has 2 heterocycles. The second kappa shape index (κ2) is 11.8. The highest BCUT2D eigenvalue weighted by Crippen LogP contribution is 2.28. The molecular weight excluding hydrogens is 480 g/mol. The van der Waals surface area contributed by atoms with Gasteiger partial charge in [-0.15, -0.1) is 0 Å². The summed E-state index contributed by atoms with van der Waals surface area (Å²) < 4.78 is 33.7. The quantitative estimate of drug-likeness (QED) is 0.159. The molecule has 0 saturated heterocycles. The third-order valence-electron chi connectivity index (χ3n) is 5.42. The van der Waals surface area contributed by atoms with Crippen LogP contribution in [0.25, 0.3) is 10.9 Å². The first kappa shape index (κ1) is 25.4. The van der Waals surface area contributed by atoms with E-state index in [0.29, 0.717) is 53.5 Å². The minimum atomic E-state index is -0.550. The largest absolute Gasteiger partial charge is 0.490 e. The maximum atomic E-state index is 14.8. The number of benzene rings is 2. The van der Waals surface area contributed by atoms with Crippen LogP contribution in [-0.4, -0.2) is 50.7 Å². The van der Waals surface area contributed by atoms with E-state index in [4.69, 9.17) is 11.2 Å². The summed E-state index contributed by atoms with van der Waals surface area (Å²) in [5.74, 6) is -0.529. The van der Waals surface area contributed by atoms with Crippen LogP contribution >= 0.6 is 0 Å². The highest BCUT2D eigenvalue weighted by molar-refractivity contribution is 5.93. The molecular formula is C26H25F2N7O2. The molecule has 11 heteroatoms. The average molecular weight is 506 g/mol. The number of nitrogens with one attached hydrogen (secondary N) is 3. The SMILES string of the molecule is C#CN(CC)CCCOc1cc2ncnc(Nc3cc(CC(=O)Nc4cccc(F)c4)[nH]n3)c2cc1F. The minimum absolute atomic E-state index is 0.0115. The third-order valence-corrected chi connectivity index (χ3v) is 5.42. The molecule has 0 spiro atoms. The second-order valence-corrected chi connectivity index (χ2v) is 8.07. The molecule has 9 nitrogen and oxygen atoms in total. The van der Waals surface area contributed by atoms with E-state index in [1.54, 1.807) is 12.1 Å². The van der Waals surface area contributed by atoms with Crippen LogP contribution in [0.3, 0.4) is 0 Å². The number of ether oxygens (including phenoxy) is 1. The van der Waals surface area contributed by atoms with Crippen LogP contribution in [0, 0.1) is 24.1 Å². The van der Waals surface area contributed by atoms with Crippen molar-refractivity contribution >= 4 is 34.1 Å². The lowest BCUT2D eigenvalue weighted by Gasteiger charge is -2.15. The van der Waals surface area contributed by atoms with Gasteiger partial charge in [0.15, 0.2) is 17.4 Å². The fourth-order valence-electron chi connectivity index (χ4n) is 3.60. The highest BCUT2D eigenvalue weighted by atomic mass is 19.1. The molecule has 37 heavy (non-hydrogen) atoms. The number of carbonyl (C=O) groups excluding carboxylic acids is 1. The first-order chi connectivity index (χ1) is 17.9. The van der Waals surface area contributed by atoms with E-state index in [1.807, 2.05) is 11.8 Å². The number of hydrogen-bond donors (Lipinski definition) is 3. The van der Waals surface area contributed by atoms with Crippen molar-refractivity contribution in [2.45, 2.75) is 19.8 Å². The number of amides is 1. The van der Waals surface area contributed by atoms with Gasteiger partial charge in [0, 0.05) is 48.0 Å². The Bertz CT molecular complexity index is 1430. The fraction of sp³-hybridized carbons (Fsp3) is 0.231. The summed E-state index contributed by atoms with van der Waals surface area (Å²) in [4.78, 5) is 22.5. The van der Waals surface area contributed by atoms with Crippen molar-refractivity contribution in [3.05, 3.63) is 66.1 Å². The predicted molar refractivity (Wildman–Crippen MR) is 136 cm³/mol. The Labute approximate surface area is 212 Å². The Hall–Kier alpha value is -4.72. The minimum Gasteiger partial charge on any atom is -0.490 e.